The summed E-state index contributed by atoms with van der Waals surface area (Å²) in [5.74, 6) is 0.372. The zero-order valence-electron chi connectivity index (χ0n) is 16.6. The molecule has 1 aliphatic rings. The predicted molar refractivity (Wildman–Crippen MR) is 109 cm³/mol. The van der Waals surface area contributed by atoms with Crippen LogP contribution in [0.2, 0.25) is 0 Å². The molecule has 0 unspecified atom stereocenters. The highest BCUT2D eigenvalue weighted by Crippen LogP contribution is 2.20. The molecule has 6 nitrogen and oxygen atoms in total. The number of carbonyl (C=O) groups is 1. The van der Waals surface area contributed by atoms with Gasteiger partial charge in [0.15, 0.2) is 0 Å². The number of piperazine rings is 1. The van der Waals surface area contributed by atoms with Gasteiger partial charge < -0.3 is 14.7 Å². The number of halogens is 1. The van der Waals surface area contributed by atoms with Gasteiger partial charge in [-0.2, -0.15) is 0 Å². The van der Waals surface area contributed by atoms with Crippen LogP contribution in [0, 0.1) is 5.82 Å². The van der Waals surface area contributed by atoms with Crippen LogP contribution in [-0.4, -0.2) is 60.0 Å². The van der Waals surface area contributed by atoms with E-state index in [4.69, 9.17) is 0 Å². The summed E-state index contributed by atoms with van der Waals surface area (Å²) >= 11 is 0. The van der Waals surface area contributed by atoms with Crippen molar-refractivity contribution in [2.24, 2.45) is 0 Å². The largest absolute Gasteiger partial charge is 0.366 e. The molecule has 1 amide bonds. The van der Waals surface area contributed by atoms with Crippen LogP contribution in [-0.2, 0) is 0 Å². The third-order valence-corrected chi connectivity index (χ3v) is 4.92. The van der Waals surface area contributed by atoms with Crippen molar-refractivity contribution in [3.05, 3.63) is 48.0 Å². The fourth-order valence-electron chi connectivity index (χ4n) is 3.49. The van der Waals surface area contributed by atoms with Crippen LogP contribution in [0.25, 0.3) is 0 Å². The number of hydrogen-bond acceptors (Lipinski definition) is 5. The second-order valence-corrected chi connectivity index (χ2v) is 6.99. The first-order valence-corrected chi connectivity index (χ1v) is 9.99. The van der Waals surface area contributed by atoms with Crippen molar-refractivity contribution in [1.29, 1.82) is 0 Å². The van der Waals surface area contributed by atoms with Crippen molar-refractivity contribution in [2.75, 3.05) is 49.1 Å². The molecule has 0 saturated carbocycles. The van der Waals surface area contributed by atoms with E-state index in [2.05, 4.69) is 28.7 Å². The molecule has 2 heterocycles. The third kappa shape index (κ3) is 4.58. The summed E-state index contributed by atoms with van der Waals surface area (Å²) in [7, 11) is 0. The van der Waals surface area contributed by atoms with Crippen molar-refractivity contribution < 1.29 is 9.18 Å². The molecule has 150 valence electrons. The second kappa shape index (κ2) is 9.48. The van der Waals surface area contributed by atoms with Crippen LogP contribution in [0.3, 0.4) is 0 Å². The van der Waals surface area contributed by atoms with Crippen molar-refractivity contribution in [1.82, 2.24) is 14.9 Å². The van der Waals surface area contributed by atoms with Gasteiger partial charge in [0.05, 0.1) is 11.3 Å². The SMILES string of the molecule is CCCN(CCC)c1ncc(C(=O)N2CCN(c3ccccc3F)CC2)cn1. The quantitative estimate of drug-likeness (QED) is 0.733. The van der Waals surface area contributed by atoms with Crippen LogP contribution in [0.15, 0.2) is 36.7 Å². The molecule has 1 aliphatic heterocycles. The van der Waals surface area contributed by atoms with Crippen molar-refractivity contribution in [2.45, 2.75) is 26.7 Å². The molecule has 0 bridgehead atoms. The topological polar surface area (TPSA) is 52.6 Å². The first kappa shape index (κ1) is 20.0. The summed E-state index contributed by atoms with van der Waals surface area (Å²) < 4.78 is 14.0. The molecule has 0 atom stereocenters. The average molecular weight is 385 g/mol. The van der Waals surface area contributed by atoms with Crippen LogP contribution >= 0.6 is 0 Å². The van der Waals surface area contributed by atoms with Gasteiger partial charge in [-0.25, -0.2) is 14.4 Å². The molecule has 1 fully saturated rings. The highest BCUT2D eigenvalue weighted by molar-refractivity contribution is 5.93. The fraction of sp³-hybridized carbons (Fsp3) is 0.476. The summed E-state index contributed by atoms with van der Waals surface area (Å²) in [5, 5.41) is 0. The van der Waals surface area contributed by atoms with Gasteiger partial charge in [-0.1, -0.05) is 26.0 Å². The van der Waals surface area contributed by atoms with Crippen LogP contribution in [0.1, 0.15) is 37.0 Å². The van der Waals surface area contributed by atoms with Crippen molar-refractivity contribution in [3.8, 4) is 0 Å². The smallest absolute Gasteiger partial charge is 0.257 e. The molecule has 1 aromatic carbocycles. The molecular formula is C21H28FN5O. The Balaban J connectivity index is 1.61. The van der Waals surface area contributed by atoms with E-state index in [0.717, 1.165) is 25.9 Å². The summed E-state index contributed by atoms with van der Waals surface area (Å²) in [6.45, 7) is 8.36. The summed E-state index contributed by atoms with van der Waals surface area (Å²) in [6, 6.07) is 6.75. The highest BCUT2D eigenvalue weighted by Gasteiger charge is 2.24. The van der Waals surface area contributed by atoms with E-state index in [1.165, 1.54) is 6.07 Å². The first-order chi connectivity index (χ1) is 13.6. The van der Waals surface area contributed by atoms with Gasteiger partial charge in [0.25, 0.3) is 5.91 Å². The lowest BCUT2D eigenvalue weighted by molar-refractivity contribution is 0.0746. The Labute approximate surface area is 166 Å². The minimum atomic E-state index is -0.227. The molecule has 7 heteroatoms. The summed E-state index contributed by atoms with van der Waals surface area (Å²) in [4.78, 5) is 27.5. The highest BCUT2D eigenvalue weighted by atomic mass is 19.1. The lowest BCUT2D eigenvalue weighted by Crippen LogP contribution is -2.49. The number of aromatic nitrogens is 2. The van der Waals surface area contributed by atoms with E-state index in [1.54, 1.807) is 29.4 Å². The summed E-state index contributed by atoms with van der Waals surface area (Å²) in [5.41, 5.74) is 1.09. The van der Waals surface area contributed by atoms with Gasteiger partial charge in [0.2, 0.25) is 5.95 Å². The predicted octanol–water partition coefficient (Wildman–Crippen LogP) is 3.20. The molecule has 28 heavy (non-hydrogen) atoms. The number of benzene rings is 1. The minimum Gasteiger partial charge on any atom is -0.366 e. The molecule has 0 spiro atoms. The third-order valence-electron chi connectivity index (χ3n) is 4.92. The maximum Gasteiger partial charge on any atom is 0.257 e. The minimum absolute atomic E-state index is 0.0720. The lowest BCUT2D eigenvalue weighted by Gasteiger charge is -2.36. The Morgan fingerprint density at radius 3 is 2.21 bits per heavy atom. The zero-order chi connectivity index (χ0) is 19.9. The van der Waals surface area contributed by atoms with E-state index in [1.807, 2.05) is 11.0 Å². The lowest BCUT2D eigenvalue weighted by atomic mass is 10.2. The maximum absolute atomic E-state index is 14.0. The van der Waals surface area contributed by atoms with Crippen molar-refractivity contribution >= 4 is 17.5 Å². The zero-order valence-corrected chi connectivity index (χ0v) is 16.6. The number of rotatable bonds is 7. The van der Waals surface area contributed by atoms with E-state index >= 15 is 0 Å². The van der Waals surface area contributed by atoms with Crippen LogP contribution in [0.4, 0.5) is 16.0 Å². The molecular weight excluding hydrogens is 357 g/mol. The molecule has 0 N–H and O–H groups in total. The number of nitrogens with zero attached hydrogens (tertiary/aromatic N) is 5. The normalized spacial score (nSPS) is 14.2. The molecule has 3 rings (SSSR count). The van der Waals surface area contributed by atoms with Gasteiger partial charge >= 0.3 is 0 Å². The Bertz CT molecular complexity index is 769. The Morgan fingerprint density at radius 2 is 1.64 bits per heavy atom. The number of carbonyl (C=O) groups excluding carboxylic acids is 1. The van der Waals surface area contributed by atoms with Gasteiger partial charge in [0.1, 0.15) is 5.82 Å². The molecule has 0 radical (unpaired) electrons. The van der Waals surface area contributed by atoms with E-state index in [0.29, 0.717) is 43.4 Å². The first-order valence-electron chi connectivity index (χ1n) is 9.99. The standard InChI is InChI=1S/C21H28FN5O/c1-3-9-27(10-4-2)21-23-15-17(16-24-21)20(28)26-13-11-25(12-14-26)19-8-6-5-7-18(19)22/h5-8,15-16H,3-4,9-14H2,1-2H3. The van der Waals surface area contributed by atoms with Gasteiger partial charge in [-0.05, 0) is 25.0 Å². The Kier molecular flexibility index (Phi) is 6.79. The van der Waals surface area contributed by atoms with E-state index < -0.39 is 0 Å². The Hall–Kier alpha value is -2.70. The molecule has 0 aliphatic carbocycles. The summed E-state index contributed by atoms with van der Waals surface area (Å²) in [6.07, 6.45) is 5.28. The number of amides is 1. The number of anilines is 2. The Morgan fingerprint density at radius 1 is 1.04 bits per heavy atom. The maximum atomic E-state index is 14.0. The number of para-hydroxylation sites is 1. The van der Waals surface area contributed by atoms with Gasteiger partial charge in [-0.3, -0.25) is 4.79 Å². The van der Waals surface area contributed by atoms with Crippen LogP contribution < -0.4 is 9.80 Å². The molecule has 1 saturated heterocycles. The molecule has 2 aromatic rings. The van der Waals surface area contributed by atoms with E-state index in [9.17, 15) is 9.18 Å². The van der Waals surface area contributed by atoms with E-state index in [-0.39, 0.29) is 11.7 Å². The van der Waals surface area contributed by atoms with Crippen molar-refractivity contribution in [3.63, 3.8) is 0 Å². The van der Waals surface area contributed by atoms with Gasteiger partial charge in [0, 0.05) is 51.7 Å². The monoisotopic (exact) mass is 385 g/mol. The fourth-order valence-corrected chi connectivity index (χ4v) is 3.49. The number of hydrogen-bond donors (Lipinski definition) is 0. The molecule has 1 aromatic heterocycles. The average Bonchev–Trinajstić information content (AvgIpc) is 2.74. The second-order valence-electron chi connectivity index (χ2n) is 6.99. The van der Waals surface area contributed by atoms with Gasteiger partial charge in [-0.15, -0.1) is 0 Å². The van der Waals surface area contributed by atoms with Crippen LogP contribution in [0.5, 0.6) is 0 Å².